The number of benzene rings is 3. The molecule has 0 saturated carbocycles. The zero-order valence-electron chi connectivity index (χ0n) is 10.4. The van der Waals surface area contributed by atoms with Crippen molar-refractivity contribution in [3.63, 3.8) is 0 Å². The highest BCUT2D eigenvalue weighted by molar-refractivity contribution is 6.31. The Morgan fingerprint density at radius 1 is 0.800 bits per heavy atom. The molecule has 4 rings (SSSR count). The molecule has 0 fully saturated rings. The summed E-state index contributed by atoms with van der Waals surface area (Å²) in [5.41, 5.74) is 1.20. The van der Waals surface area contributed by atoms with Crippen molar-refractivity contribution in [2.24, 2.45) is 0 Å². The van der Waals surface area contributed by atoms with Gasteiger partial charge < -0.3 is 4.42 Å². The second kappa shape index (κ2) is 4.09. The van der Waals surface area contributed by atoms with Gasteiger partial charge in [-0.25, -0.2) is 0 Å². The number of hydrogen-bond donors (Lipinski definition) is 0. The first-order valence-electron chi connectivity index (χ1n) is 6.27. The van der Waals surface area contributed by atoms with Gasteiger partial charge in [-0.3, -0.25) is 4.79 Å². The fourth-order valence-corrected chi connectivity index (χ4v) is 2.70. The fraction of sp³-hybridized carbons (Fsp3) is 0. The molecule has 1 heterocycles. The Morgan fingerprint density at radius 3 is 2.55 bits per heavy atom. The third kappa shape index (κ3) is 1.62. The van der Waals surface area contributed by atoms with Crippen LogP contribution in [0.3, 0.4) is 0 Å². The van der Waals surface area contributed by atoms with E-state index in [4.69, 9.17) is 16.0 Å². The van der Waals surface area contributed by atoms with E-state index in [1.54, 1.807) is 6.07 Å². The summed E-state index contributed by atoms with van der Waals surface area (Å²) in [6.45, 7) is 0. The number of rotatable bonds is 0. The fourth-order valence-electron chi connectivity index (χ4n) is 2.52. The van der Waals surface area contributed by atoms with Gasteiger partial charge in [0.25, 0.3) is 0 Å². The number of hydrogen-bond acceptors (Lipinski definition) is 2. The maximum absolute atomic E-state index is 12.5. The summed E-state index contributed by atoms with van der Waals surface area (Å²) in [6.07, 6.45) is 0. The van der Waals surface area contributed by atoms with Gasteiger partial charge in [-0.05, 0) is 47.2 Å². The van der Waals surface area contributed by atoms with Crippen LogP contribution in [-0.4, -0.2) is 0 Å². The molecule has 96 valence electrons. The molecule has 3 heteroatoms. The second-order valence-corrected chi connectivity index (χ2v) is 5.20. The third-order valence-electron chi connectivity index (χ3n) is 3.50. The van der Waals surface area contributed by atoms with Crippen molar-refractivity contribution >= 4 is 44.3 Å². The predicted octanol–water partition coefficient (Wildman–Crippen LogP) is 4.75. The van der Waals surface area contributed by atoms with Crippen LogP contribution in [0.5, 0.6) is 0 Å². The van der Waals surface area contributed by atoms with Crippen LogP contribution in [0.2, 0.25) is 5.02 Å². The summed E-state index contributed by atoms with van der Waals surface area (Å²) < 4.78 is 5.83. The molecule has 20 heavy (non-hydrogen) atoms. The quantitative estimate of drug-likeness (QED) is 0.435. The van der Waals surface area contributed by atoms with E-state index in [0.717, 1.165) is 10.8 Å². The molecule has 0 spiro atoms. The van der Waals surface area contributed by atoms with Crippen molar-refractivity contribution in [2.45, 2.75) is 0 Å². The molecule has 0 radical (unpaired) electrons. The minimum Gasteiger partial charge on any atom is -0.456 e. The molecule has 4 aromatic rings. The molecular formula is C17H9ClO2. The molecule has 3 aromatic carbocycles. The molecule has 0 aliphatic heterocycles. The molecule has 0 aliphatic rings. The van der Waals surface area contributed by atoms with Crippen LogP contribution in [0.4, 0.5) is 0 Å². The highest BCUT2D eigenvalue weighted by atomic mass is 35.5. The average Bonchev–Trinajstić information content (AvgIpc) is 2.46. The Balaban J connectivity index is 2.25. The lowest BCUT2D eigenvalue weighted by atomic mass is 10.1. The highest BCUT2D eigenvalue weighted by Crippen LogP contribution is 2.26. The van der Waals surface area contributed by atoms with E-state index < -0.39 is 0 Å². The van der Waals surface area contributed by atoms with Crippen LogP contribution < -0.4 is 5.43 Å². The monoisotopic (exact) mass is 280 g/mol. The van der Waals surface area contributed by atoms with Crippen LogP contribution in [0.1, 0.15) is 0 Å². The van der Waals surface area contributed by atoms with Gasteiger partial charge in [0.2, 0.25) is 5.43 Å². The van der Waals surface area contributed by atoms with E-state index in [2.05, 4.69) is 0 Å². The van der Waals surface area contributed by atoms with E-state index in [9.17, 15) is 4.79 Å². The van der Waals surface area contributed by atoms with Crippen LogP contribution in [0, 0.1) is 0 Å². The predicted molar refractivity (Wildman–Crippen MR) is 82.5 cm³/mol. The standard InChI is InChI=1S/C17H9ClO2/c18-12-6-5-10-9-16-14(8-11(10)7-12)17(19)13-3-1-2-4-15(13)20-16/h1-9H. The van der Waals surface area contributed by atoms with Crippen LogP contribution in [-0.2, 0) is 0 Å². The van der Waals surface area contributed by atoms with E-state index in [1.165, 1.54) is 0 Å². The number of fused-ring (bicyclic) bond motifs is 3. The molecule has 0 N–H and O–H groups in total. The van der Waals surface area contributed by atoms with E-state index in [0.29, 0.717) is 27.0 Å². The Labute approximate surface area is 119 Å². The zero-order chi connectivity index (χ0) is 13.7. The first-order valence-corrected chi connectivity index (χ1v) is 6.65. The van der Waals surface area contributed by atoms with E-state index in [1.807, 2.05) is 48.5 Å². The number of para-hydroxylation sites is 1. The topological polar surface area (TPSA) is 30.2 Å². The molecule has 0 aliphatic carbocycles. The minimum absolute atomic E-state index is 0.0104. The lowest BCUT2D eigenvalue weighted by Gasteiger charge is -2.04. The Hall–Kier alpha value is -2.32. The maximum Gasteiger partial charge on any atom is 0.200 e. The lowest BCUT2D eigenvalue weighted by molar-refractivity contribution is 0.660. The van der Waals surface area contributed by atoms with E-state index >= 15 is 0 Å². The summed E-state index contributed by atoms with van der Waals surface area (Å²) in [4.78, 5) is 12.5. The minimum atomic E-state index is -0.0104. The third-order valence-corrected chi connectivity index (χ3v) is 3.73. The van der Waals surface area contributed by atoms with Gasteiger partial charge in [0.05, 0.1) is 10.8 Å². The van der Waals surface area contributed by atoms with Gasteiger partial charge in [-0.15, -0.1) is 0 Å². The first-order chi connectivity index (χ1) is 9.72. The van der Waals surface area contributed by atoms with Crippen molar-refractivity contribution in [1.29, 1.82) is 0 Å². The molecule has 0 bridgehead atoms. The van der Waals surface area contributed by atoms with Gasteiger partial charge in [0.15, 0.2) is 0 Å². The number of halogens is 1. The Bertz CT molecular complexity index is 1030. The van der Waals surface area contributed by atoms with E-state index in [-0.39, 0.29) is 5.43 Å². The normalized spacial score (nSPS) is 11.4. The van der Waals surface area contributed by atoms with Gasteiger partial charge in [0, 0.05) is 5.02 Å². The van der Waals surface area contributed by atoms with Crippen LogP contribution in [0.15, 0.2) is 63.8 Å². The molecular weight excluding hydrogens is 272 g/mol. The lowest BCUT2D eigenvalue weighted by Crippen LogP contribution is -2.01. The molecule has 2 nitrogen and oxygen atoms in total. The molecule has 0 unspecified atom stereocenters. The van der Waals surface area contributed by atoms with Gasteiger partial charge >= 0.3 is 0 Å². The average molecular weight is 281 g/mol. The van der Waals surface area contributed by atoms with Crippen LogP contribution in [0.25, 0.3) is 32.7 Å². The first kappa shape index (κ1) is 11.5. The Morgan fingerprint density at radius 2 is 1.65 bits per heavy atom. The van der Waals surface area contributed by atoms with Crippen molar-refractivity contribution in [2.75, 3.05) is 0 Å². The SMILES string of the molecule is O=c1c2ccccc2oc2cc3ccc(Cl)cc3cc12. The zero-order valence-corrected chi connectivity index (χ0v) is 11.1. The largest absolute Gasteiger partial charge is 0.456 e. The Kier molecular flexibility index (Phi) is 2.35. The molecule has 1 aromatic heterocycles. The van der Waals surface area contributed by atoms with Gasteiger partial charge in [-0.1, -0.05) is 29.8 Å². The van der Waals surface area contributed by atoms with Gasteiger partial charge in [0.1, 0.15) is 11.2 Å². The summed E-state index contributed by atoms with van der Waals surface area (Å²) in [6, 6.07) is 16.6. The second-order valence-electron chi connectivity index (χ2n) is 4.77. The molecule has 0 saturated heterocycles. The smallest absolute Gasteiger partial charge is 0.200 e. The molecule has 0 atom stereocenters. The van der Waals surface area contributed by atoms with Crippen molar-refractivity contribution in [3.05, 3.63) is 69.8 Å². The summed E-state index contributed by atoms with van der Waals surface area (Å²) in [7, 11) is 0. The van der Waals surface area contributed by atoms with Crippen molar-refractivity contribution in [3.8, 4) is 0 Å². The maximum atomic E-state index is 12.5. The highest BCUT2D eigenvalue weighted by Gasteiger charge is 2.08. The summed E-state index contributed by atoms with van der Waals surface area (Å²) >= 11 is 6.00. The van der Waals surface area contributed by atoms with Crippen LogP contribution >= 0.6 is 11.6 Å². The van der Waals surface area contributed by atoms with Gasteiger partial charge in [-0.2, -0.15) is 0 Å². The summed E-state index contributed by atoms with van der Waals surface area (Å²) in [5.74, 6) is 0. The van der Waals surface area contributed by atoms with Crippen molar-refractivity contribution < 1.29 is 4.42 Å². The molecule has 0 amide bonds. The summed E-state index contributed by atoms with van der Waals surface area (Å²) in [5, 5.41) is 3.77. The van der Waals surface area contributed by atoms with Crippen molar-refractivity contribution in [1.82, 2.24) is 0 Å².